The minimum Gasteiger partial charge on any atom is -0.494 e. The molecule has 38 heavy (non-hydrogen) atoms. The van der Waals surface area contributed by atoms with E-state index in [-0.39, 0.29) is 5.75 Å². The zero-order chi connectivity index (χ0) is 27.2. The molecule has 0 saturated carbocycles. The lowest BCUT2D eigenvalue weighted by atomic mass is 10.1. The van der Waals surface area contributed by atoms with Crippen LogP contribution in [0.15, 0.2) is 85.5 Å². The van der Waals surface area contributed by atoms with Gasteiger partial charge in [0.05, 0.1) is 36.0 Å². The highest BCUT2D eigenvalue weighted by atomic mass is 16.5. The molecule has 0 aliphatic carbocycles. The molecule has 0 aliphatic heterocycles. The molecule has 0 heterocycles. The van der Waals surface area contributed by atoms with Crippen molar-refractivity contribution < 1.29 is 33.3 Å². The van der Waals surface area contributed by atoms with Gasteiger partial charge in [-0.25, -0.2) is 14.4 Å². The maximum Gasteiger partial charge on any atom is 0.343 e. The average molecular weight is 514 g/mol. The van der Waals surface area contributed by atoms with Gasteiger partial charge in [-0.2, -0.15) is 5.26 Å². The van der Waals surface area contributed by atoms with Crippen LogP contribution in [0, 0.1) is 11.3 Å². The molecular weight excluding hydrogens is 486 g/mol. The van der Waals surface area contributed by atoms with Gasteiger partial charge in [-0.15, -0.1) is 0 Å². The van der Waals surface area contributed by atoms with Gasteiger partial charge in [0, 0.05) is 6.08 Å². The van der Waals surface area contributed by atoms with Crippen LogP contribution in [-0.4, -0.2) is 31.1 Å². The van der Waals surface area contributed by atoms with Crippen LogP contribution in [0.3, 0.4) is 0 Å². The van der Waals surface area contributed by atoms with Gasteiger partial charge in [0.15, 0.2) is 0 Å². The van der Waals surface area contributed by atoms with Gasteiger partial charge >= 0.3 is 17.9 Å². The van der Waals surface area contributed by atoms with E-state index in [0.717, 1.165) is 31.8 Å². The highest BCUT2D eigenvalue weighted by Crippen LogP contribution is 2.21. The molecule has 0 bridgehead atoms. The van der Waals surface area contributed by atoms with E-state index >= 15 is 0 Å². The lowest BCUT2D eigenvalue weighted by Crippen LogP contribution is -2.09. The number of nitriles is 1. The Morgan fingerprint density at radius 1 is 0.684 bits per heavy atom. The Balaban J connectivity index is 1.38. The van der Waals surface area contributed by atoms with Crippen molar-refractivity contribution in [2.45, 2.75) is 25.7 Å². The van der Waals surface area contributed by atoms with E-state index in [1.54, 1.807) is 24.3 Å². The number of esters is 3. The van der Waals surface area contributed by atoms with E-state index in [2.05, 4.69) is 6.58 Å². The smallest absolute Gasteiger partial charge is 0.343 e. The first-order chi connectivity index (χ1) is 18.5. The molecule has 0 unspecified atom stereocenters. The van der Waals surface area contributed by atoms with Crippen molar-refractivity contribution in [2.24, 2.45) is 0 Å². The first-order valence-electron chi connectivity index (χ1n) is 12.0. The first-order valence-corrected chi connectivity index (χ1v) is 12.0. The van der Waals surface area contributed by atoms with Gasteiger partial charge in [0.1, 0.15) is 17.2 Å². The number of rotatable bonds is 13. The van der Waals surface area contributed by atoms with Gasteiger partial charge in [0.2, 0.25) is 0 Å². The molecule has 194 valence electrons. The number of ether oxygens (including phenoxy) is 4. The third-order valence-electron chi connectivity index (χ3n) is 5.30. The van der Waals surface area contributed by atoms with Gasteiger partial charge in [-0.1, -0.05) is 6.58 Å². The van der Waals surface area contributed by atoms with Crippen LogP contribution in [0.1, 0.15) is 52.0 Å². The number of carbonyl (C=O) groups excluding carboxylic acids is 3. The number of nitrogens with zero attached hydrogens (tertiary/aromatic N) is 1. The second-order valence-electron chi connectivity index (χ2n) is 8.10. The van der Waals surface area contributed by atoms with Crippen molar-refractivity contribution >= 4 is 17.9 Å². The summed E-state index contributed by atoms with van der Waals surface area (Å²) < 4.78 is 21.3. The van der Waals surface area contributed by atoms with Crippen molar-refractivity contribution in [3.8, 4) is 23.3 Å². The first kappa shape index (κ1) is 27.7. The molecule has 0 fully saturated rings. The van der Waals surface area contributed by atoms with E-state index in [4.69, 9.17) is 24.2 Å². The van der Waals surface area contributed by atoms with Crippen LogP contribution in [0.25, 0.3) is 0 Å². The minimum atomic E-state index is -0.562. The molecule has 0 aliphatic rings. The average Bonchev–Trinajstić information content (AvgIpc) is 2.95. The standard InChI is InChI=1S/C30H27NO7/c1-2-28(32)36-20-6-4-3-5-19-35-25-13-11-24(12-14-25)30(34)38-27-17-15-26(16-18-27)37-29(33)23-9-7-22(21-31)8-10-23/h2,7-18H,1,3-6,19-20H2. The van der Waals surface area contributed by atoms with Gasteiger partial charge in [-0.3, -0.25) is 0 Å². The predicted molar refractivity (Wildman–Crippen MR) is 139 cm³/mol. The van der Waals surface area contributed by atoms with Crippen molar-refractivity contribution in [3.05, 3.63) is 102 Å². The highest BCUT2D eigenvalue weighted by Gasteiger charge is 2.11. The Morgan fingerprint density at radius 3 is 1.66 bits per heavy atom. The van der Waals surface area contributed by atoms with Crippen molar-refractivity contribution in [1.82, 2.24) is 0 Å². The van der Waals surface area contributed by atoms with Crippen LogP contribution >= 0.6 is 0 Å². The van der Waals surface area contributed by atoms with Crippen LogP contribution in [0.2, 0.25) is 0 Å². The molecule has 0 amide bonds. The SMILES string of the molecule is C=CC(=O)OCCCCCCOc1ccc(C(=O)Oc2ccc(OC(=O)c3ccc(C#N)cc3)cc2)cc1. The predicted octanol–water partition coefficient (Wildman–Crippen LogP) is 5.67. The third kappa shape index (κ3) is 8.95. The van der Waals surface area contributed by atoms with Crippen LogP contribution in [-0.2, 0) is 9.53 Å². The zero-order valence-electron chi connectivity index (χ0n) is 20.8. The fourth-order valence-electron chi connectivity index (χ4n) is 3.26. The molecule has 0 spiro atoms. The van der Waals surface area contributed by atoms with E-state index in [9.17, 15) is 14.4 Å². The Morgan fingerprint density at radius 2 is 1.16 bits per heavy atom. The number of carbonyl (C=O) groups is 3. The van der Waals surface area contributed by atoms with Crippen molar-refractivity contribution in [1.29, 1.82) is 5.26 Å². The Hall–Kier alpha value is -4.90. The zero-order valence-corrected chi connectivity index (χ0v) is 20.8. The lowest BCUT2D eigenvalue weighted by molar-refractivity contribution is -0.137. The number of unbranched alkanes of at least 4 members (excludes halogenated alkanes) is 3. The Kier molecular flexibility index (Phi) is 10.6. The molecule has 0 atom stereocenters. The Bertz CT molecular complexity index is 1270. The monoisotopic (exact) mass is 513 g/mol. The largest absolute Gasteiger partial charge is 0.494 e. The second-order valence-corrected chi connectivity index (χ2v) is 8.10. The molecule has 0 saturated heterocycles. The summed E-state index contributed by atoms with van der Waals surface area (Å²) in [4.78, 5) is 35.7. The van der Waals surface area contributed by atoms with E-state index in [1.165, 1.54) is 48.5 Å². The fraction of sp³-hybridized carbons (Fsp3) is 0.200. The molecule has 0 N–H and O–H groups in total. The molecule has 0 radical (unpaired) electrons. The van der Waals surface area contributed by atoms with Gasteiger partial charge in [-0.05, 0) is 98.5 Å². The maximum absolute atomic E-state index is 12.5. The summed E-state index contributed by atoms with van der Waals surface area (Å²) in [6.45, 7) is 4.28. The summed E-state index contributed by atoms with van der Waals surface area (Å²) in [5.41, 5.74) is 1.13. The van der Waals surface area contributed by atoms with Gasteiger partial charge in [0.25, 0.3) is 0 Å². The fourth-order valence-corrected chi connectivity index (χ4v) is 3.26. The molecule has 0 aromatic heterocycles. The summed E-state index contributed by atoms with van der Waals surface area (Å²) in [7, 11) is 0. The van der Waals surface area contributed by atoms with Crippen LogP contribution < -0.4 is 14.2 Å². The molecule has 8 heteroatoms. The quantitative estimate of drug-likeness (QED) is 0.124. The lowest BCUT2D eigenvalue weighted by Gasteiger charge is -2.08. The van der Waals surface area contributed by atoms with Crippen LogP contribution in [0.4, 0.5) is 0 Å². The highest BCUT2D eigenvalue weighted by molar-refractivity contribution is 5.92. The topological polar surface area (TPSA) is 112 Å². The van der Waals surface area contributed by atoms with E-state index < -0.39 is 17.9 Å². The summed E-state index contributed by atoms with van der Waals surface area (Å²) in [6, 6.07) is 20.9. The molecule has 3 aromatic carbocycles. The summed E-state index contributed by atoms with van der Waals surface area (Å²) in [5.74, 6) is -0.262. The second kappa shape index (κ2) is 14.6. The molecule has 3 aromatic rings. The van der Waals surface area contributed by atoms with E-state index in [0.29, 0.717) is 41.4 Å². The van der Waals surface area contributed by atoms with Gasteiger partial charge < -0.3 is 18.9 Å². The molecular formula is C30H27NO7. The summed E-state index contributed by atoms with van der Waals surface area (Å²) in [5, 5.41) is 8.84. The normalized spacial score (nSPS) is 10.1. The summed E-state index contributed by atoms with van der Waals surface area (Å²) >= 11 is 0. The van der Waals surface area contributed by atoms with Crippen molar-refractivity contribution in [3.63, 3.8) is 0 Å². The Labute approximate surface area is 221 Å². The van der Waals surface area contributed by atoms with Crippen LogP contribution in [0.5, 0.6) is 17.2 Å². The molecule has 8 nitrogen and oxygen atoms in total. The maximum atomic E-state index is 12.5. The summed E-state index contributed by atoms with van der Waals surface area (Å²) in [6.07, 6.45) is 4.68. The number of hydrogen-bond donors (Lipinski definition) is 0. The number of hydrogen-bond acceptors (Lipinski definition) is 8. The minimum absolute atomic E-state index is 0.289. The van der Waals surface area contributed by atoms with Crippen molar-refractivity contribution in [2.75, 3.05) is 13.2 Å². The van der Waals surface area contributed by atoms with E-state index in [1.807, 2.05) is 6.07 Å². The number of benzene rings is 3. The molecule has 3 rings (SSSR count). The third-order valence-corrected chi connectivity index (χ3v) is 5.30.